The van der Waals surface area contributed by atoms with Gasteiger partial charge in [-0.05, 0) is 25.0 Å². The molecule has 3 aromatic rings. The first-order valence-corrected chi connectivity index (χ1v) is 8.98. The van der Waals surface area contributed by atoms with Crippen LogP contribution in [0.2, 0.25) is 0 Å². The van der Waals surface area contributed by atoms with E-state index in [4.69, 9.17) is 9.72 Å². The summed E-state index contributed by atoms with van der Waals surface area (Å²) < 4.78 is 6.83. The van der Waals surface area contributed by atoms with Crippen LogP contribution in [0.5, 0.6) is 0 Å². The van der Waals surface area contributed by atoms with E-state index in [2.05, 4.69) is 9.97 Å². The fourth-order valence-electron chi connectivity index (χ4n) is 3.64. The number of benzene rings is 1. The number of nitrogens with one attached hydrogen (secondary N) is 1. The number of imidazole rings is 1. The zero-order valence-electron chi connectivity index (χ0n) is 15.1. The van der Waals surface area contributed by atoms with E-state index in [0.717, 1.165) is 12.8 Å². The molecule has 0 saturated carbocycles. The van der Waals surface area contributed by atoms with E-state index in [1.54, 1.807) is 22.6 Å². The summed E-state index contributed by atoms with van der Waals surface area (Å²) >= 11 is 0. The van der Waals surface area contributed by atoms with Crippen LogP contribution >= 0.6 is 0 Å². The second kappa shape index (κ2) is 7.32. The molecule has 2 aromatic heterocycles. The van der Waals surface area contributed by atoms with Crippen molar-refractivity contribution in [2.24, 2.45) is 0 Å². The molecule has 1 atom stereocenters. The summed E-state index contributed by atoms with van der Waals surface area (Å²) in [6.07, 6.45) is 4.62. The quantitative estimate of drug-likeness (QED) is 0.741. The van der Waals surface area contributed by atoms with Crippen molar-refractivity contribution in [2.45, 2.75) is 25.4 Å². The van der Waals surface area contributed by atoms with E-state index < -0.39 is 0 Å². The van der Waals surface area contributed by atoms with E-state index in [1.807, 2.05) is 18.2 Å². The van der Waals surface area contributed by atoms with Crippen LogP contribution in [-0.2, 0) is 11.3 Å². The van der Waals surface area contributed by atoms with E-state index in [-0.39, 0.29) is 17.5 Å². The number of carbonyl (C=O) groups is 1. The number of ether oxygens (including phenoxy) is 1. The maximum Gasteiger partial charge on any atom is 0.272 e. The smallest absolute Gasteiger partial charge is 0.272 e. The maximum absolute atomic E-state index is 13.1. The highest BCUT2D eigenvalue weighted by molar-refractivity contribution is 5.92. The maximum atomic E-state index is 13.1. The fourth-order valence-corrected chi connectivity index (χ4v) is 3.64. The van der Waals surface area contributed by atoms with Gasteiger partial charge in [0.15, 0.2) is 0 Å². The second-order valence-electron chi connectivity index (χ2n) is 6.56. The van der Waals surface area contributed by atoms with Crippen molar-refractivity contribution >= 4 is 16.8 Å². The molecule has 1 aliphatic rings. The van der Waals surface area contributed by atoms with Crippen molar-refractivity contribution in [3.05, 3.63) is 58.7 Å². The van der Waals surface area contributed by atoms with Crippen LogP contribution in [0.15, 0.2) is 41.6 Å². The number of fused-ring (bicyclic) bond motifs is 1. The topological polar surface area (TPSA) is 93.1 Å². The molecule has 1 N–H and O–H groups in total. The number of likely N-dealkylation sites (tertiary alicyclic amines) is 1. The van der Waals surface area contributed by atoms with Crippen molar-refractivity contribution in [1.82, 2.24) is 24.4 Å². The molecular formula is C19H21N5O3. The minimum absolute atomic E-state index is 0.103. The predicted octanol–water partition coefficient (Wildman–Crippen LogP) is 1.74. The van der Waals surface area contributed by atoms with E-state index in [1.165, 1.54) is 12.5 Å². The third kappa shape index (κ3) is 3.12. The molecule has 1 aromatic carbocycles. The standard InChI is InChI=1S/C19H21N5O3/c1-27-10-9-24-17(22-14-6-3-2-5-13(14)18(24)25)16-7-4-8-23(16)19(26)15-11-20-12-21-15/h2-3,5-6,11-12,16H,4,7-10H2,1H3,(H,20,21). The van der Waals surface area contributed by atoms with Crippen molar-refractivity contribution in [1.29, 1.82) is 0 Å². The number of rotatable bonds is 5. The van der Waals surface area contributed by atoms with E-state index in [9.17, 15) is 9.59 Å². The summed E-state index contributed by atoms with van der Waals surface area (Å²) in [6.45, 7) is 1.41. The predicted molar refractivity (Wildman–Crippen MR) is 99.5 cm³/mol. The Bertz CT molecular complexity index is 1010. The van der Waals surface area contributed by atoms with Crippen LogP contribution in [0, 0.1) is 0 Å². The Kier molecular flexibility index (Phi) is 4.72. The van der Waals surface area contributed by atoms with Crippen LogP contribution < -0.4 is 5.56 Å². The number of amides is 1. The fraction of sp³-hybridized carbons (Fsp3) is 0.368. The molecule has 0 aliphatic carbocycles. The first-order chi connectivity index (χ1) is 13.2. The second-order valence-corrected chi connectivity index (χ2v) is 6.56. The summed E-state index contributed by atoms with van der Waals surface area (Å²) in [5, 5.41) is 0.571. The summed E-state index contributed by atoms with van der Waals surface area (Å²) in [5.41, 5.74) is 0.981. The van der Waals surface area contributed by atoms with Gasteiger partial charge in [-0.2, -0.15) is 0 Å². The first kappa shape index (κ1) is 17.4. The Hall–Kier alpha value is -3.00. The number of hydrogen-bond acceptors (Lipinski definition) is 5. The highest BCUT2D eigenvalue weighted by Gasteiger charge is 2.34. The Morgan fingerprint density at radius 3 is 3.00 bits per heavy atom. The summed E-state index contributed by atoms with van der Waals surface area (Å²) in [5.74, 6) is 0.483. The van der Waals surface area contributed by atoms with Gasteiger partial charge in [0.05, 0.1) is 42.6 Å². The number of aromatic amines is 1. The molecule has 1 aliphatic heterocycles. The van der Waals surface area contributed by atoms with Gasteiger partial charge < -0.3 is 14.6 Å². The molecule has 0 radical (unpaired) electrons. The van der Waals surface area contributed by atoms with Gasteiger partial charge in [0.2, 0.25) is 0 Å². The zero-order valence-corrected chi connectivity index (χ0v) is 15.1. The van der Waals surface area contributed by atoms with Crippen LogP contribution in [0.3, 0.4) is 0 Å². The zero-order chi connectivity index (χ0) is 18.8. The molecule has 140 valence electrons. The lowest BCUT2D eigenvalue weighted by molar-refractivity contribution is 0.0719. The number of nitrogens with zero attached hydrogens (tertiary/aromatic N) is 4. The molecule has 0 spiro atoms. The van der Waals surface area contributed by atoms with Crippen LogP contribution in [-0.4, -0.2) is 50.6 Å². The van der Waals surface area contributed by atoms with Gasteiger partial charge >= 0.3 is 0 Å². The van der Waals surface area contributed by atoms with Crippen LogP contribution in [0.4, 0.5) is 0 Å². The van der Waals surface area contributed by atoms with Crippen molar-refractivity contribution in [3.63, 3.8) is 0 Å². The van der Waals surface area contributed by atoms with Crippen LogP contribution in [0.25, 0.3) is 10.9 Å². The number of hydrogen-bond donors (Lipinski definition) is 1. The van der Waals surface area contributed by atoms with Crippen molar-refractivity contribution in [2.75, 3.05) is 20.3 Å². The van der Waals surface area contributed by atoms with Crippen molar-refractivity contribution in [3.8, 4) is 0 Å². The van der Waals surface area contributed by atoms with Gasteiger partial charge in [0.1, 0.15) is 11.5 Å². The molecule has 8 heteroatoms. The highest BCUT2D eigenvalue weighted by Crippen LogP contribution is 2.32. The Balaban J connectivity index is 1.81. The molecule has 27 heavy (non-hydrogen) atoms. The number of H-pyrrole nitrogens is 1. The number of carbonyl (C=O) groups excluding carboxylic acids is 1. The van der Waals surface area contributed by atoms with Gasteiger partial charge in [-0.3, -0.25) is 14.2 Å². The molecule has 3 heterocycles. The number of para-hydroxylation sites is 1. The van der Waals surface area contributed by atoms with Crippen molar-refractivity contribution < 1.29 is 9.53 Å². The Morgan fingerprint density at radius 1 is 1.37 bits per heavy atom. The molecule has 8 nitrogen and oxygen atoms in total. The summed E-state index contributed by atoms with van der Waals surface area (Å²) in [7, 11) is 1.60. The lowest BCUT2D eigenvalue weighted by atomic mass is 10.1. The SMILES string of the molecule is COCCn1c(C2CCCN2C(=O)c2cnc[nH]2)nc2ccccc2c1=O. The molecule has 0 bridgehead atoms. The molecule has 1 amide bonds. The third-order valence-corrected chi connectivity index (χ3v) is 4.95. The third-order valence-electron chi connectivity index (χ3n) is 4.95. The molecule has 1 saturated heterocycles. The summed E-state index contributed by atoms with van der Waals surface area (Å²) in [6, 6.07) is 7.04. The van der Waals surface area contributed by atoms with Gasteiger partial charge in [-0.15, -0.1) is 0 Å². The normalized spacial score (nSPS) is 16.9. The lowest BCUT2D eigenvalue weighted by Gasteiger charge is -2.26. The number of aromatic nitrogens is 4. The van der Waals surface area contributed by atoms with E-state index >= 15 is 0 Å². The molecule has 1 unspecified atom stereocenters. The molecular weight excluding hydrogens is 346 g/mol. The number of methoxy groups -OCH3 is 1. The monoisotopic (exact) mass is 367 g/mol. The lowest BCUT2D eigenvalue weighted by Crippen LogP contribution is -2.36. The molecule has 1 fully saturated rings. The van der Waals surface area contributed by atoms with E-state index in [0.29, 0.717) is 42.1 Å². The average molecular weight is 367 g/mol. The Morgan fingerprint density at radius 2 is 2.22 bits per heavy atom. The van der Waals surface area contributed by atoms with Crippen LogP contribution in [0.1, 0.15) is 35.2 Å². The highest BCUT2D eigenvalue weighted by atomic mass is 16.5. The minimum Gasteiger partial charge on any atom is -0.383 e. The summed E-state index contributed by atoms with van der Waals surface area (Å²) in [4.78, 5) is 39.3. The Labute approximate surface area is 155 Å². The van der Waals surface area contributed by atoms with Gasteiger partial charge in [0.25, 0.3) is 11.5 Å². The largest absolute Gasteiger partial charge is 0.383 e. The van der Waals surface area contributed by atoms with Gasteiger partial charge in [-0.1, -0.05) is 12.1 Å². The molecule has 4 rings (SSSR count). The van der Waals surface area contributed by atoms with Gasteiger partial charge in [-0.25, -0.2) is 9.97 Å². The minimum atomic E-state index is -0.255. The van der Waals surface area contributed by atoms with Gasteiger partial charge in [0, 0.05) is 13.7 Å². The first-order valence-electron chi connectivity index (χ1n) is 8.98. The average Bonchev–Trinajstić information content (AvgIpc) is 3.38.